The molecule has 6 heteroatoms. The molecule has 144 valence electrons. The molecule has 3 rings (SSSR count). The maximum absolute atomic E-state index is 13.9. The molecule has 4 nitrogen and oxygen atoms in total. The number of halogens is 2. The number of nitrogens with zero attached hydrogens (tertiary/aromatic N) is 2. The summed E-state index contributed by atoms with van der Waals surface area (Å²) in [5.74, 6) is -1.08. The molecule has 27 heavy (non-hydrogen) atoms. The van der Waals surface area contributed by atoms with Crippen LogP contribution in [0.2, 0.25) is 0 Å². The van der Waals surface area contributed by atoms with Gasteiger partial charge in [0.25, 0.3) is 5.91 Å². The molecule has 0 aliphatic carbocycles. The smallest absolute Gasteiger partial charge is 0.253 e. The molecule has 0 spiro atoms. The van der Waals surface area contributed by atoms with E-state index in [1.807, 2.05) is 14.1 Å². The third kappa shape index (κ3) is 4.70. The van der Waals surface area contributed by atoms with E-state index in [1.54, 1.807) is 29.2 Å². The molecule has 1 fully saturated rings. The number of hydrogen-bond donors (Lipinski definition) is 0. The number of amides is 1. The average molecular weight is 374 g/mol. The largest absolute Gasteiger partial charge is 0.379 e. The lowest BCUT2D eigenvalue weighted by molar-refractivity contribution is 0.0735. The quantitative estimate of drug-likeness (QED) is 0.823. The Morgan fingerprint density at radius 1 is 1.15 bits per heavy atom. The van der Waals surface area contributed by atoms with Gasteiger partial charge in [-0.25, -0.2) is 8.78 Å². The normalized spacial score (nSPS) is 17.8. The van der Waals surface area contributed by atoms with Crippen LogP contribution in [-0.4, -0.2) is 62.7 Å². The van der Waals surface area contributed by atoms with Gasteiger partial charge in [0.15, 0.2) is 0 Å². The predicted octanol–water partition coefficient (Wildman–Crippen LogP) is 3.28. The summed E-state index contributed by atoms with van der Waals surface area (Å²) in [4.78, 5) is 16.7. The van der Waals surface area contributed by atoms with Gasteiger partial charge < -0.3 is 14.5 Å². The fourth-order valence-electron chi connectivity index (χ4n) is 3.43. The van der Waals surface area contributed by atoms with E-state index >= 15 is 0 Å². The van der Waals surface area contributed by atoms with Crippen molar-refractivity contribution >= 4 is 5.91 Å². The van der Waals surface area contributed by atoms with Crippen molar-refractivity contribution in [2.45, 2.75) is 0 Å². The van der Waals surface area contributed by atoms with E-state index in [-0.39, 0.29) is 17.4 Å². The van der Waals surface area contributed by atoms with Crippen molar-refractivity contribution in [3.63, 3.8) is 0 Å². The second kappa shape index (κ2) is 8.59. The lowest BCUT2D eigenvalue weighted by Gasteiger charge is -2.25. The van der Waals surface area contributed by atoms with Crippen molar-refractivity contribution in [3.05, 3.63) is 59.7 Å². The summed E-state index contributed by atoms with van der Waals surface area (Å²) in [6.45, 7) is 3.14. The molecule has 0 unspecified atom stereocenters. The lowest BCUT2D eigenvalue weighted by Crippen LogP contribution is -2.38. The number of ether oxygens (including phenoxy) is 1. The van der Waals surface area contributed by atoms with E-state index in [9.17, 15) is 13.6 Å². The molecule has 1 heterocycles. The van der Waals surface area contributed by atoms with Gasteiger partial charge in [0.1, 0.15) is 11.6 Å². The Hall–Kier alpha value is -2.31. The Morgan fingerprint density at radius 3 is 2.44 bits per heavy atom. The Morgan fingerprint density at radius 2 is 1.81 bits per heavy atom. The first-order chi connectivity index (χ1) is 13.0. The average Bonchev–Trinajstić information content (AvgIpc) is 2.86. The molecule has 0 aromatic heterocycles. The predicted molar refractivity (Wildman–Crippen MR) is 101 cm³/mol. The van der Waals surface area contributed by atoms with Gasteiger partial charge in [0, 0.05) is 31.1 Å². The summed E-state index contributed by atoms with van der Waals surface area (Å²) < 4.78 is 33.5. The molecular formula is C21H24F2N2O2. The van der Waals surface area contributed by atoms with Crippen LogP contribution in [0.3, 0.4) is 0 Å². The third-order valence-corrected chi connectivity index (χ3v) is 4.63. The van der Waals surface area contributed by atoms with E-state index in [2.05, 4.69) is 4.90 Å². The van der Waals surface area contributed by atoms with Crippen LogP contribution in [0.1, 0.15) is 10.4 Å². The lowest BCUT2D eigenvalue weighted by atomic mass is 10.0. The van der Waals surface area contributed by atoms with Crippen molar-refractivity contribution in [1.29, 1.82) is 0 Å². The van der Waals surface area contributed by atoms with Gasteiger partial charge in [-0.1, -0.05) is 18.2 Å². The molecule has 1 atom stereocenters. The molecular weight excluding hydrogens is 350 g/mol. The first kappa shape index (κ1) is 19.5. The molecule has 0 radical (unpaired) electrons. The Kier molecular flexibility index (Phi) is 6.19. The van der Waals surface area contributed by atoms with E-state index < -0.39 is 11.6 Å². The van der Waals surface area contributed by atoms with Gasteiger partial charge in [-0.3, -0.25) is 4.79 Å². The van der Waals surface area contributed by atoms with E-state index in [0.717, 1.165) is 6.54 Å². The Labute approximate surface area is 158 Å². The van der Waals surface area contributed by atoms with Crippen molar-refractivity contribution in [3.8, 4) is 11.1 Å². The highest BCUT2D eigenvalue weighted by Gasteiger charge is 2.24. The molecule has 2 aromatic carbocycles. The number of carbonyl (C=O) groups excluding carboxylic acids is 1. The molecule has 2 aromatic rings. The SMILES string of the molecule is CN(C)C[C@H]1COCCN(C(=O)c2ccc(-c3c(F)cccc3F)cc2)C1. The minimum Gasteiger partial charge on any atom is -0.379 e. The van der Waals surface area contributed by atoms with Gasteiger partial charge in [-0.05, 0) is 43.9 Å². The zero-order valence-electron chi connectivity index (χ0n) is 15.6. The highest BCUT2D eigenvalue weighted by molar-refractivity contribution is 5.94. The number of rotatable bonds is 4. The summed E-state index contributed by atoms with van der Waals surface area (Å²) in [5.41, 5.74) is 0.832. The van der Waals surface area contributed by atoms with Crippen molar-refractivity contribution in [2.75, 3.05) is 46.9 Å². The topological polar surface area (TPSA) is 32.8 Å². The van der Waals surface area contributed by atoms with Crippen LogP contribution in [-0.2, 0) is 4.74 Å². The van der Waals surface area contributed by atoms with Gasteiger partial charge in [-0.15, -0.1) is 0 Å². The standard InChI is InChI=1S/C21H24F2N2O2/c1-24(2)12-15-13-25(10-11-27-14-15)21(26)17-8-6-16(7-9-17)20-18(22)4-3-5-19(20)23/h3-9,15H,10-14H2,1-2H3/t15-/m1/s1. The molecule has 1 aliphatic heterocycles. The Bertz CT molecular complexity index is 773. The Balaban J connectivity index is 1.77. The van der Waals surface area contributed by atoms with E-state index in [1.165, 1.54) is 18.2 Å². The fraction of sp³-hybridized carbons (Fsp3) is 0.381. The van der Waals surface area contributed by atoms with Crippen molar-refractivity contribution in [2.24, 2.45) is 5.92 Å². The summed E-state index contributed by atoms with van der Waals surface area (Å²) in [5, 5.41) is 0. The third-order valence-electron chi connectivity index (χ3n) is 4.63. The molecule has 1 amide bonds. The summed E-state index contributed by atoms with van der Waals surface area (Å²) in [6, 6.07) is 10.2. The molecule has 0 N–H and O–H groups in total. The number of carbonyl (C=O) groups is 1. The molecule has 1 saturated heterocycles. The van der Waals surface area contributed by atoms with Gasteiger partial charge >= 0.3 is 0 Å². The molecule has 0 saturated carbocycles. The van der Waals surface area contributed by atoms with E-state index in [4.69, 9.17) is 4.74 Å². The first-order valence-electron chi connectivity index (χ1n) is 9.02. The van der Waals surface area contributed by atoms with Crippen LogP contribution >= 0.6 is 0 Å². The minimum atomic E-state index is -0.620. The van der Waals surface area contributed by atoms with Crippen LogP contribution in [0.15, 0.2) is 42.5 Å². The monoisotopic (exact) mass is 374 g/mol. The highest BCUT2D eigenvalue weighted by atomic mass is 19.1. The number of benzene rings is 2. The second-order valence-electron chi connectivity index (χ2n) is 7.13. The fourth-order valence-corrected chi connectivity index (χ4v) is 3.43. The van der Waals surface area contributed by atoms with Crippen LogP contribution in [0.4, 0.5) is 8.78 Å². The molecule has 0 bridgehead atoms. The highest BCUT2D eigenvalue weighted by Crippen LogP contribution is 2.26. The summed E-state index contributed by atoms with van der Waals surface area (Å²) in [6.07, 6.45) is 0. The van der Waals surface area contributed by atoms with Crippen LogP contribution in [0.25, 0.3) is 11.1 Å². The van der Waals surface area contributed by atoms with E-state index in [0.29, 0.717) is 37.4 Å². The van der Waals surface area contributed by atoms with Gasteiger partial charge in [0.05, 0.1) is 18.8 Å². The maximum atomic E-state index is 13.9. The van der Waals surface area contributed by atoms with Crippen LogP contribution < -0.4 is 0 Å². The second-order valence-corrected chi connectivity index (χ2v) is 7.13. The first-order valence-corrected chi connectivity index (χ1v) is 9.02. The zero-order valence-corrected chi connectivity index (χ0v) is 15.6. The van der Waals surface area contributed by atoms with Crippen LogP contribution in [0.5, 0.6) is 0 Å². The van der Waals surface area contributed by atoms with Crippen LogP contribution in [0, 0.1) is 17.6 Å². The van der Waals surface area contributed by atoms with Gasteiger partial charge in [0.2, 0.25) is 0 Å². The minimum absolute atomic E-state index is 0.0780. The summed E-state index contributed by atoms with van der Waals surface area (Å²) >= 11 is 0. The summed E-state index contributed by atoms with van der Waals surface area (Å²) in [7, 11) is 4.00. The number of hydrogen-bond acceptors (Lipinski definition) is 3. The van der Waals surface area contributed by atoms with Crippen molar-refractivity contribution < 1.29 is 18.3 Å². The molecule has 1 aliphatic rings. The van der Waals surface area contributed by atoms with Crippen molar-refractivity contribution in [1.82, 2.24) is 9.80 Å². The van der Waals surface area contributed by atoms with Gasteiger partial charge in [-0.2, -0.15) is 0 Å². The maximum Gasteiger partial charge on any atom is 0.253 e. The zero-order chi connectivity index (χ0) is 19.4.